The average Bonchev–Trinajstić information content (AvgIpc) is 2.95. The Balaban J connectivity index is 1.67. The first kappa shape index (κ1) is 28.2. The van der Waals surface area contributed by atoms with E-state index in [4.69, 9.17) is 0 Å². The molecule has 0 unspecified atom stereocenters. The lowest BCUT2D eigenvalue weighted by Gasteiger charge is -2.24. The number of hydrogen-bond acceptors (Lipinski definition) is 4. The summed E-state index contributed by atoms with van der Waals surface area (Å²) < 4.78 is 13.4. The molecule has 4 rings (SSSR count). The van der Waals surface area contributed by atoms with Gasteiger partial charge in [-0.15, -0.1) is 0 Å². The van der Waals surface area contributed by atoms with Gasteiger partial charge in [0.25, 0.3) is 11.8 Å². The van der Waals surface area contributed by atoms with Crippen LogP contribution in [0.25, 0.3) is 11.1 Å². The highest BCUT2D eigenvalue weighted by Crippen LogP contribution is 2.29. The number of carbonyl (C=O) groups excluding carboxylic acids is 2. The van der Waals surface area contributed by atoms with Crippen molar-refractivity contribution >= 4 is 17.8 Å². The van der Waals surface area contributed by atoms with Crippen molar-refractivity contribution in [1.82, 2.24) is 14.8 Å². The van der Waals surface area contributed by atoms with Crippen LogP contribution in [-0.4, -0.2) is 51.3 Å². The van der Waals surface area contributed by atoms with E-state index in [-0.39, 0.29) is 31.3 Å². The number of amides is 2. The fourth-order valence-electron chi connectivity index (χ4n) is 4.48. The molecule has 7 nitrogen and oxygen atoms in total. The summed E-state index contributed by atoms with van der Waals surface area (Å²) in [6.45, 7) is 2.28. The number of nitrogens with zero attached hydrogens (tertiary/aromatic N) is 3. The minimum atomic E-state index is -1.03. The summed E-state index contributed by atoms with van der Waals surface area (Å²) in [6.07, 6.45) is -0.248. The van der Waals surface area contributed by atoms with E-state index in [9.17, 15) is 23.9 Å². The van der Waals surface area contributed by atoms with Gasteiger partial charge in [-0.05, 0) is 60.0 Å². The van der Waals surface area contributed by atoms with Crippen LogP contribution in [0.5, 0.6) is 0 Å². The zero-order chi connectivity index (χ0) is 28.6. The second kappa shape index (κ2) is 12.8. The Morgan fingerprint density at radius 3 is 1.98 bits per heavy atom. The highest BCUT2D eigenvalue weighted by Gasteiger charge is 2.24. The van der Waals surface area contributed by atoms with Crippen LogP contribution in [0.15, 0.2) is 91.0 Å². The van der Waals surface area contributed by atoms with E-state index < -0.39 is 11.8 Å². The molecule has 0 aliphatic rings. The summed E-state index contributed by atoms with van der Waals surface area (Å²) in [7, 11) is 1.70. The molecular formula is C32H30FN3O4. The van der Waals surface area contributed by atoms with Gasteiger partial charge in [0.15, 0.2) is 0 Å². The first-order valence-corrected chi connectivity index (χ1v) is 12.8. The van der Waals surface area contributed by atoms with Crippen LogP contribution in [0.2, 0.25) is 0 Å². The first-order chi connectivity index (χ1) is 19.2. The first-order valence-electron chi connectivity index (χ1n) is 12.8. The Morgan fingerprint density at radius 2 is 1.38 bits per heavy atom. The third-order valence-electron chi connectivity index (χ3n) is 6.47. The molecule has 3 aromatic carbocycles. The Bertz CT molecular complexity index is 1520. The van der Waals surface area contributed by atoms with Crippen molar-refractivity contribution in [3.63, 3.8) is 0 Å². The molecule has 204 valence electrons. The van der Waals surface area contributed by atoms with Gasteiger partial charge in [0.1, 0.15) is 5.82 Å². The fourth-order valence-corrected chi connectivity index (χ4v) is 4.48. The van der Waals surface area contributed by atoms with Gasteiger partial charge in [-0.2, -0.15) is 0 Å². The largest absolute Gasteiger partial charge is 0.481 e. The summed E-state index contributed by atoms with van der Waals surface area (Å²) in [5.41, 5.74) is 4.18. The number of halogens is 1. The van der Waals surface area contributed by atoms with Gasteiger partial charge >= 0.3 is 5.97 Å². The van der Waals surface area contributed by atoms with Gasteiger partial charge in [0.05, 0.1) is 18.7 Å². The SMILES string of the molecule is Cc1cccc(CN(C)C(=O)c2ccccc2-c2ccccc2C(=O)N(CCC(=O)O)Cc2ccc(F)cc2)n1. The second-order valence-electron chi connectivity index (χ2n) is 9.52. The minimum absolute atomic E-state index is 0.0350. The highest BCUT2D eigenvalue weighted by atomic mass is 19.1. The van der Waals surface area contributed by atoms with Crippen molar-refractivity contribution in [2.45, 2.75) is 26.4 Å². The molecule has 1 N–H and O–H groups in total. The molecule has 0 bridgehead atoms. The molecule has 0 saturated heterocycles. The van der Waals surface area contributed by atoms with Crippen molar-refractivity contribution in [2.24, 2.45) is 0 Å². The summed E-state index contributed by atoms with van der Waals surface area (Å²) >= 11 is 0. The number of carboxylic acid groups (broad SMARTS) is 1. The molecule has 1 aromatic heterocycles. The smallest absolute Gasteiger partial charge is 0.305 e. The predicted octanol–water partition coefficient (Wildman–Crippen LogP) is 5.59. The molecule has 1 heterocycles. The van der Waals surface area contributed by atoms with Crippen LogP contribution in [0.3, 0.4) is 0 Å². The number of pyridine rings is 1. The quantitative estimate of drug-likeness (QED) is 0.284. The molecule has 4 aromatic rings. The van der Waals surface area contributed by atoms with Crippen LogP contribution in [0.1, 0.15) is 44.1 Å². The van der Waals surface area contributed by atoms with Gasteiger partial charge in [-0.1, -0.05) is 54.6 Å². The number of aliphatic carboxylic acids is 1. The third-order valence-corrected chi connectivity index (χ3v) is 6.47. The van der Waals surface area contributed by atoms with Crippen LogP contribution < -0.4 is 0 Å². The molecule has 0 aliphatic heterocycles. The average molecular weight is 540 g/mol. The summed E-state index contributed by atoms with van der Waals surface area (Å²) in [5, 5.41) is 9.29. The molecule has 40 heavy (non-hydrogen) atoms. The third kappa shape index (κ3) is 6.96. The fraction of sp³-hybridized carbons (Fsp3) is 0.188. The van der Waals surface area contributed by atoms with E-state index in [0.717, 1.165) is 11.4 Å². The molecule has 0 aliphatic carbocycles. The maximum Gasteiger partial charge on any atom is 0.305 e. The standard InChI is InChI=1S/C32H30FN3O4/c1-22-8-7-9-25(34-22)21-35(2)31(39)28-12-5-3-10-26(28)27-11-4-6-13-29(27)32(40)36(19-18-30(37)38)20-23-14-16-24(33)17-15-23/h3-17H,18-21H2,1-2H3,(H,37,38). The Kier molecular flexibility index (Phi) is 9.01. The molecule has 0 fully saturated rings. The number of rotatable bonds is 10. The Labute approximate surface area is 232 Å². The molecule has 0 saturated carbocycles. The molecule has 8 heteroatoms. The molecule has 0 spiro atoms. The van der Waals surface area contributed by atoms with E-state index >= 15 is 0 Å². The maximum absolute atomic E-state index is 13.9. The normalized spacial score (nSPS) is 10.7. The zero-order valence-corrected chi connectivity index (χ0v) is 22.4. The van der Waals surface area contributed by atoms with Crippen LogP contribution in [0.4, 0.5) is 4.39 Å². The Hall–Kier alpha value is -4.85. The van der Waals surface area contributed by atoms with E-state index in [1.807, 2.05) is 25.1 Å². The lowest BCUT2D eigenvalue weighted by Crippen LogP contribution is -2.33. The number of aromatic nitrogens is 1. The number of aryl methyl sites for hydroxylation is 1. The van der Waals surface area contributed by atoms with Gasteiger partial charge in [-0.25, -0.2) is 4.39 Å². The van der Waals surface area contributed by atoms with E-state index in [2.05, 4.69) is 4.98 Å². The number of benzene rings is 3. The summed E-state index contributed by atoms with van der Waals surface area (Å²) in [5.74, 6) is -2.05. The van der Waals surface area contributed by atoms with Crippen LogP contribution in [-0.2, 0) is 17.9 Å². The maximum atomic E-state index is 13.9. The second-order valence-corrected chi connectivity index (χ2v) is 9.52. The summed E-state index contributed by atoms with van der Waals surface area (Å²) in [6, 6.07) is 25.4. The van der Waals surface area contributed by atoms with E-state index in [0.29, 0.717) is 34.4 Å². The summed E-state index contributed by atoms with van der Waals surface area (Å²) in [4.78, 5) is 46.3. The molecular weight excluding hydrogens is 509 g/mol. The monoisotopic (exact) mass is 539 g/mol. The van der Waals surface area contributed by atoms with Gasteiger partial charge in [-0.3, -0.25) is 19.4 Å². The lowest BCUT2D eigenvalue weighted by molar-refractivity contribution is -0.137. The highest BCUT2D eigenvalue weighted by molar-refractivity contribution is 6.06. The molecule has 2 amide bonds. The van der Waals surface area contributed by atoms with Crippen molar-refractivity contribution < 1.29 is 23.9 Å². The number of carboxylic acids is 1. The zero-order valence-electron chi connectivity index (χ0n) is 22.4. The van der Waals surface area contributed by atoms with Crippen molar-refractivity contribution in [1.29, 1.82) is 0 Å². The van der Waals surface area contributed by atoms with Crippen molar-refractivity contribution in [2.75, 3.05) is 13.6 Å². The Morgan fingerprint density at radius 1 is 0.775 bits per heavy atom. The van der Waals surface area contributed by atoms with Gasteiger partial charge < -0.3 is 14.9 Å². The molecule has 0 atom stereocenters. The van der Waals surface area contributed by atoms with E-state index in [1.165, 1.54) is 17.0 Å². The van der Waals surface area contributed by atoms with Gasteiger partial charge in [0, 0.05) is 37.0 Å². The lowest BCUT2D eigenvalue weighted by atomic mass is 9.94. The minimum Gasteiger partial charge on any atom is -0.481 e. The van der Waals surface area contributed by atoms with Crippen LogP contribution >= 0.6 is 0 Å². The van der Waals surface area contributed by atoms with Crippen molar-refractivity contribution in [3.05, 3.63) is 125 Å². The van der Waals surface area contributed by atoms with Gasteiger partial charge in [0.2, 0.25) is 0 Å². The predicted molar refractivity (Wildman–Crippen MR) is 150 cm³/mol. The number of carbonyl (C=O) groups is 3. The molecule has 0 radical (unpaired) electrons. The van der Waals surface area contributed by atoms with E-state index in [1.54, 1.807) is 72.6 Å². The van der Waals surface area contributed by atoms with Crippen molar-refractivity contribution in [3.8, 4) is 11.1 Å². The topological polar surface area (TPSA) is 90.8 Å². The number of hydrogen-bond donors (Lipinski definition) is 1. The van der Waals surface area contributed by atoms with Crippen LogP contribution in [0, 0.1) is 12.7 Å².